The van der Waals surface area contributed by atoms with Gasteiger partial charge < -0.3 is 10.1 Å². The average molecular weight is 209 g/mol. The second-order valence-corrected chi connectivity index (χ2v) is 3.59. The minimum absolute atomic E-state index is 0.348. The summed E-state index contributed by atoms with van der Waals surface area (Å²) in [5, 5.41) is 12.5. The van der Waals surface area contributed by atoms with E-state index in [0.717, 1.165) is 18.9 Å². The number of ether oxygens (including phenoxy) is 1. The van der Waals surface area contributed by atoms with Crippen molar-refractivity contribution in [1.29, 1.82) is 5.26 Å². The van der Waals surface area contributed by atoms with Crippen molar-refractivity contribution in [3.8, 4) is 6.07 Å². The van der Waals surface area contributed by atoms with Crippen molar-refractivity contribution in [1.82, 2.24) is 0 Å². The molecule has 1 heterocycles. The smallest absolute Gasteiger partial charge is 0.0992 e. The summed E-state index contributed by atoms with van der Waals surface area (Å²) in [4.78, 5) is 0. The zero-order valence-corrected chi connectivity index (χ0v) is 8.21. The summed E-state index contributed by atoms with van der Waals surface area (Å²) >= 11 is 5.98. The number of benzene rings is 1. The molecule has 72 valence electrons. The number of nitriles is 1. The van der Waals surface area contributed by atoms with Crippen LogP contribution in [0.25, 0.3) is 0 Å². The standard InChI is InChI=1S/C10H9ClN2O/c11-9-3-7(4-12)1-2-10(9)13-8-5-14-6-8/h1-3,8,13H,5-6H2. The van der Waals surface area contributed by atoms with Gasteiger partial charge in [-0.25, -0.2) is 0 Å². The Morgan fingerprint density at radius 3 is 2.79 bits per heavy atom. The molecule has 1 aliphatic heterocycles. The van der Waals surface area contributed by atoms with Crippen LogP contribution in [-0.4, -0.2) is 19.3 Å². The van der Waals surface area contributed by atoms with Gasteiger partial charge in [-0.3, -0.25) is 0 Å². The maximum atomic E-state index is 8.64. The monoisotopic (exact) mass is 208 g/mol. The van der Waals surface area contributed by atoms with Gasteiger partial charge in [-0.05, 0) is 18.2 Å². The highest BCUT2D eigenvalue weighted by Crippen LogP contribution is 2.24. The second-order valence-electron chi connectivity index (χ2n) is 3.19. The Morgan fingerprint density at radius 1 is 1.50 bits per heavy atom. The van der Waals surface area contributed by atoms with Crippen LogP contribution in [0.4, 0.5) is 5.69 Å². The summed E-state index contributed by atoms with van der Waals surface area (Å²) in [5.41, 5.74) is 1.43. The third-order valence-corrected chi connectivity index (χ3v) is 2.41. The van der Waals surface area contributed by atoms with Crippen molar-refractivity contribution in [2.75, 3.05) is 18.5 Å². The van der Waals surface area contributed by atoms with Crippen LogP contribution in [-0.2, 0) is 4.74 Å². The van der Waals surface area contributed by atoms with E-state index in [1.54, 1.807) is 12.1 Å². The first-order valence-corrected chi connectivity index (χ1v) is 4.71. The van der Waals surface area contributed by atoms with E-state index in [1.165, 1.54) is 0 Å². The topological polar surface area (TPSA) is 45.0 Å². The fourth-order valence-electron chi connectivity index (χ4n) is 1.24. The van der Waals surface area contributed by atoms with Gasteiger partial charge in [-0.1, -0.05) is 11.6 Å². The molecular weight excluding hydrogens is 200 g/mol. The molecule has 0 unspecified atom stereocenters. The summed E-state index contributed by atoms with van der Waals surface area (Å²) in [7, 11) is 0. The predicted octanol–water partition coefficient (Wildman–Crippen LogP) is 2.02. The van der Waals surface area contributed by atoms with Gasteiger partial charge in [0.25, 0.3) is 0 Å². The summed E-state index contributed by atoms with van der Waals surface area (Å²) in [6.45, 7) is 1.44. The van der Waals surface area contributed by atoms with Crippen LogP contribution in [0.2, 0.25) is 5.02 Å². The maximum Gasteiger partial charge on any atom is 0.0992 e. The molecular formula is C10H9ClN2O. The van der Waals surface area contributed by atoms with Crippen LogP contribution in [0, 0.1) is 11.3 Å². The van der Waals surface area contributed by atoms with E-state index in [9.17, 15) is 0 Å². The molecule has 4 heteroatoms. The second kappa shape index (κ2) is 3.87. The molecule has 1 fully saturated rings. The van der Waals surface area contributed by atoms with Crippen LogP contribution in [0.5, 0.6) is 0 Å². The molecule has 1 aromatic carbocycles. The summed E-state index contributed by atoms with van der Waals surface area (Å²) in [6.07, 6.45) is 0. The summed E-state index contributed by atoms with van der Waals surface area (Å²) in [6, 6.07) is 7.61. The molecule has 0 aliphatic carbocycles. The number of nitrogens with zero attached hydrogens (tertiary/aromatic N) is 1. The molecule has 0 saturated carbocycles. The van der Waals surface area contributed by atoms with Gasteiger partial charge in [-0.2, -0.15) is 5.26 Å². The Balaban J connectivity index is 2.14. The Hall–Kier alpha value is -1.24. The van der Waals surface area contributed by atoms with Gasteiger partial charge in [0, 0.05) is 0 Å². The lowest BCUT2D eigenvalue weighted by Crippen LogP contribution is -2.40. The first-order chi connectivity index (χ1) is 6.79. The highest BCUT2D eigenvalue weighted by Gasteiger charge is 2.18. The third-order valence-electron chi connectivity index (χ3n) is 2.10. The molecule has 0 spiro atoms. The van der Waals surface area contributed by atoms with Gasteiger partial charge in [0.1, 0.15) is 0 Å². The summed E-state index contributed by atoms with van der Waals surface area (Å²) < 4.78 is 5.03. The third kappa shape index (κ3) is 1.82. The van der Waals surface area contributed by atoms with Crippen LogP contribution in [0.3, 0.4) is 0 Å². The highest BCUT2D eigenvalue weighted by atomic mass is 35.5. The molecule has 0 atom stereocenters. The Morgan fingerprint density at radius 2 is 2.29 bits per heavy atom. The minimum atomic E-state index is 0.348. The maximum absolute atomic E-state index is 8.64. The normalized spacial score (nSPS) is 15.7. The number of hydrogen-bond acceptors (Lipinski definition) is 3. The fourth-order valence-corrected chi connectivity index (χ4v) is 1.48. The lowest BCUT2D eigenvalue weighted by atomic mass is 10.2. The van der Waals surface area contributed by atoms with Crippen LogP contribution in [0.1, 0.15) is 5.56 Å². The van der Waals surface area contributed by atoms with Gasteiger partial charge in [-0.15, -0.1) is 0 Å². The average Bonchev–Trinajstić information content (AvgIpc) is 2.13. The molecule has 0 radical (unpaired) electrons. The first-order valence-electron chi connectivity index (χ1n) is 4.33. The van der Waals surface area contributed by atoms with Crippen molar-refractivity contribution in [3.05, 3.63) is 28.8 Å². The molecule has 1 aliphatic rings. The van der Waals surface area contributed by atoms with Crippen molar-refractivity contribution < 1.29 is 4.74 Å². The first kappa shape index (κ1) is 9.32. The molecule has 2 rings (SSSR count). The number of hydrogen-bond donors (Lipinski definition) is 1. The molecule has 1 saturated heterocycles. The van der Waals surface area contributed by atoms with Crippen LogP contribution >= 0.6 is 11.6 Å². The Kier molecular flexibility index (Phi) is 2.58. The van der Waals surface area contributed by atoms with Gasteiger partial charge in [0.15, 0.2) is 0 Å². The predicted molar refractivity (Wildman–Crippen MR) is 54.4 cm³/mol. The van der Waals surface area contributed by atoms with E-state index in [2.05, 4.69) is 5.32 Å². The highest BCUT2D eigenvalue weighted by molar-refractivity contribution is 6.33. The zero-order chi connectivity index (χ0) is 9.97. The van der Waals surface area contributed by atoms with Crippen LogP contribution in [0.15, 0.2) is 18.2 Å². The quantitative estimate of drug-likeness (QED) is 0.809. The lowest BCUT2D eigenvalue weighted by molar-refractivity contribution is 0.0211. The van der Waals surface area contributed by atoms with E-state index in [4.69, 9.17) is 21.6 Å². The van der Waals surface area contributed by atoms with Gasteiger partial charge in [0.05, 0.1) is 41.6 Å². The molecule has 0 aromatic heterocycles. The van der Waals surface area contributed by atoms with Crippen molar-refractivity contribution >= 4 is 17.3 Å². The number of rotatable bonds is 2. The SMILES string of the molecule is N#Cc1ccc(NC2COC2)c(Cl)c1. The van der Waals surface area contributed by atoms with E-state index < -0.39 is 0 Å². The zero-order valence-electron chi connectivity index (χ0n) is 7.46. The molecule has 14 heavy (non-hydrogen) atoms. The van der Waals surface area contributed by atoms with Crippen molar-refractivity contribution in [3.63, 3.8) is 0 Å². The van der Waals surface area contributed by atoms with Crippen molar-refractivity contribution in [2.24, 2.45) is 0 Å². The van der Waals surface area contributed by atoms with Crippen molar-refractivity contribution in [2.45, 2.75) is 6.04 Å². The Bertz CT molecular complexity index is 382. The van der Waals surface area contributed by atoms with Crippen LogP contribution < -0.4 is 5.32 Å². The van der Waals surface area contributed by atoms with E-state index >= 15 is 0 Å². The van der Waals surface area contributed by atoms with Gasteiger partial charge >= 0.3 is 0 Å². The summed E-state index contributed by atoms with van der Waals surface area (Å²) in [5.74, 6) is 0. The van der Waals surface area contributed by atoms with Gasteiger partial charge in [0.2, 0.25) is 0 Å². The minimum Gasteiger partial charge on any atom is -0.377 e. The number of nitrogens with one attached hydrogen (secondary N) is 1. The van der Waals surface area contributed by atoms with E-state index in [1.807, 2.05) is 12.1 Å². The number of anilines is 1. The number of halogens is 1. The molecule has 0 bridgehead atoms. The molecule has 1 N–H and O–H groups in total. The molecule has 0 amide bonds. The van der Waals surface area contributed by atoms with E-state index in [0.29, 0.717) is 16.6 Å². The largest absolute Gasteiger partial charge is 0.377 e. The molecule has 1 aromatic rings. The van der Waals surface area contributed by atoms with E-state index in [-0.39, 0.29) is 0 Å². The molecule has 3 nitrogen and oxygen atoms in total. The Labute approximate surface area is 87.2 Å². The fraction of sp³-hybridized carbons (Fsp3) is 0.300. The lowest BCUT2D eigenvalue weighted by Gasteiger charge is -2.28.